The highest BCUT2D eigenvalue weighted by Crippen LogP contribution is 2.39. The van der Waals surface area contributed by atoms with Crippen LogP contribution in [-0.2, 0) is 0 Å². The fraction of sp³-hybridized carbons (Fsp3) is 0. The maximum Gasteiger partial charge on any atom is 0.164 e. The Morgan fingerprint density at radius 3 is 1.46 bits per heavy atom. The molecule has 0 aliphatic heterocycles. The van der Waals surface area contributed by atoms with Crippen molar-refractivity contribution in [2.45, 2.75) is 0 Å². The number of nitrogens with zero attached hydrogens (tertiary/aromatic N) is 4. The van der Waals surface area contributed by atoms with Crippen molar-refractivity contribution < 1.29 is 0 Å². The van der Waals surface area contributed by atoms with Crippen molar-refractivity contribution in [1.82, 2.24) is 19.9 Å². The molecule has 10 rings (SSSR count). The van der Waals surface area contributed by atoms with Crippen LogP contribution in [0.1, 0.15) is 0 Å². The number of rotatable bonds is 6. The van der Waals surface area contributed by atoms with Crippen molar-refractivity contribution in [1.29, 1.82) is 0 Å². The van der Waals surface area contributed by atoms with Gasteiger partial charge in [-0.05, 0) is 73.8 Å². The fourth-order valence-corrected chi connectivity index (χ4v) is 7.54. The van der Waals surface area contributed by atoms with Crippen molar-refractivity contribution in [2.75, 3.05) is 0 Å². The Balaban J connectivity index is 1.10. The van der Waals surface area contributed by atoms with Crippen LogP contribution in [0.2, 0.25) is 0 Å². The summed E-state index contributed by atoms with van der Waals surface area (Å²) >= 11 is 0. The summed E-state index contributed by atoms with van der Waals surface area (Å²) in [7, 11) is 0. The number of pyridine rings is 1. The molecular weight excluding hydrogens is 657 g/mol. The van der Waals surface area contributed by atoms with Crippen LogP contribution in [0, 0.1) is 0 Å². The molecule has 0 saturated carbocycles. The highest BCUT2D eigenvalue weighted by molar-refractivity contribution is 6.12. The minimum absolute atomic E-state index is 0.636. The van der Waals surface area contributed by atoms with Gasteiger partial charge in [-0.3, -0.25) is 4.98 Å². The molecule has 0 amide bonds. The SMILES string of the molecule is c1ccc(-c2ccc(-c3nc(-c4ccccc4)nc(-c4ccc(-c5cccc(-c6cc7cccnc7c7ccccc67)c5)c5ccccc45)n3)cc2)cc1. The van der Waals surface area contributed by atoms with E-state index in [1.54, 1.807) is 0 Å². The zero-order valence-electron chi connectivity index (χ0n) is 29.3. The lowest BCUT2D eigenvalue weighted by Gasteiger charge is -2.15. The number of aromatic nitrogens is 4. The summed E-state index contributed by atoms with van der Waals surface area (Å²) in [6.45, 7) is 0. The molecule has 4 heteroatoms. The lowest BCUT2D eigenvalue weighted by atomic mass is 9.91. The highest BCUT2D eigenvalue weighted by atomic mass is 15.0. The minimum Gasteiger partial charge on any atom is -0.256 e. The third kappa shape index (κ3) is 5.67. The quantitative estimate of drug-likeness (QED) is 0.163. The van der Waals surface area contributed by atoms with Gasteiger partial charge < -0.3 is 0 Å². The second-order valence-corrected chi connectivity index (χ2v) is 13.4. The first-order chi connectivity index (χ1) is 26.8. The molecule has 54 heavy (non-hydrogen) atoms. The summed E-state index contributed by atoms with van der Waals surface area (Å²) in [6, 6.07) is 65.7. The van der Waals surface area contributed by atoms with E-state index in [-0.39, 0.29) is 0 Å². The Hall–Kier alpha value is -7.30. The van der Waals surface area contributed by atoms with Crippen LogP contribution in [0.4, 0.5) is 0 Å². The summed E-state index contributed by atoms with van der Waals surface area (Å²) in [5, 5.41) is 5.69. The molecule has 0 saturated heterocycles. The third-order valence-corrected chi connectivity index (χ3v) is 10.2. The van der Waals surface area contributed by atoms with Crippen LogP contribution < -0.4 is 0 Å². The maximum absolute atomic E-state index is 5.13. The standard InChI is InChI=1S/C50H32N4/c1-3-13-33(14-4-1)34-24-26-36(27-25-34)49-52-48(35-15-5-2-6-16-35)53-50(54-49)45-29-28-40(41-20-7-8-21-42(41)45)37-17-11-18-38(31-37)46-32-39-19-12-30-51-47(39)44-23-10-9-22-43(44)46/h1-32H. The predicted octanol–water partition coefficient (Wildman–Crippen LogP) is 12.7. The van der Waals surface area contributed by atoms with E-state index in [0.717, 1.165) is 66.0 Å². The zero-order valence-corrected chi connectivity index (χ0v) is 29.3. The van der Waals surface area contributed by atoms with Crippen molar-refractivity contribution in [2.24, 2.45) is 0 Å². The second kappa shape index (κ2) is 13.4. The minimum atomic E-state index is 0.636. The lowest BCUT2D eigenvalue weighted by Crippen LogP contribution is -2.00. The zero-order chi connectivity index (χ0) is 35.8. The molecule has 4 nitrogen and oxygen atoms in total. The lowest BCUT2D eigenvalue weighted by molar-refractivity contribution is 1.08. The van der Waals surface area contributed by atoms with E-state index in [1.807, 2.05) is 48.7 Å². The van der Waals surface area contributed by atoms with Gasteiger partial charge in [0.1, 0.15) is 0 Å². The number of hydrogen-bond acceptors (Lipinski definition) is 4. The molecule has 0 unspecified atom stereocenters. The van der Waals surface area contributed by atoms with E-state index in [4.69, 9.17) is 19.9 Å². The molecule has 10 aromatic rings. The molecule has 0 atom stereocenters. The van der Waals surface area contributed by atoms with E-state index in [9.17, 15) is 0 Å². The number of fused-ring (bicyclic) bond motifs is 4. The molecule has 0 fully saturated rings. The fourth-order valence-electron chi connectivity index (χ4n) is 7.54. The molecule has 0 N–H and O–H groups in total. The van der Waals surface area contributed by atoms with Gasteiger partial charge in [-0.25, -0.2) is 15.0 Å². The third-order valence-electron chi connectivity index (χ3n) is 10.2. The van der Waals surface area contributed by atoms with Crippen molar-refractivity contribution in [3.8, 4) is 67.5 Å². The Bertz CT molecular complexity index is 2970. The van der Waals surface area contributed by atoms with E-state index >= 15 is 0 Å². The topological polar surface area (TPSA) is 51.6 Å². The molecule has 0 spiro atoms. The van der Waals surface area contributed by atoms with Crippen LogP contribution in [0.3, 0.4) is 0 Å². The van der Waals surface area contributed by atoms with E-state index in [1.165, 1.54) is 16.5 Å². The van der Waals surface area contributed by atoms with Gasteiger partial charge in [0.05, 0.1) is 5.52 Å². The molecule has 0 aliphatic rings. The molecule has 2 heterocycles. The molecule has 0 aliphatic carbocycles. The Labute approximate surface area is 313 Å². The van der Waals surface area contributed by atoms with Gasteiger partial charge in [-0.1, -0.05) is 164 Å². The number of hydrogen-bond donors (Lipinski definition) is 0. The predicted molar refractivity (Wildman–Crippen MR) is 223 cm³/mol. The summed E-state index contributed by atoms with van der Waals surface area (Å²) < 4.78 is 0. The first-order valence-electron chi connectivity index (χ1n) is 18.1. The van der Waals surface area contributed by atoms with Gasteiger partial charge in [0.15, 0.2) is 17.5 Å². The van der Waals surface area contributed by atoms with Gasteiger partial charge in [-0.15, -0.1) is 0 Å². The van der Waals surface area contributed by atoms with E-state index < -0.39 is 0 Å². The summed E-state index contributed by atoms with van der Waals surface area (Å²) in [5.41, 5.74) is 10.8. The molecule has 0 bridgehead atoms. The van der Waals surface area contributed by atoms with Gasteiger partial charge in [0.25, 0.3) is 0 Å². The van der Waals surface area contributed by atoms with Crippen molar-refractivity contribution in [3.05, 3.63) is 194 Å². The molecule has 2 aromatic heterocycles. The normalized spacial score (nSPS) is 11.3. The van der Waals surface area contributed by atoms with Crippen LogP contribution in [0.15, 0.2) is 194 Å². The summed E-state index contributed by atoms with van der Waals surface area (Å²) in [6.07, 6.45) is 1.87. The van der Waals surface area contributed by atoms with Crippen LogP contribution in [0.25, 0.3) is 100.0 Å². The molecular formula is C50H32N4. The van der Waals surface area contributed by atoms with Crippen LogP contribution in [0.5, 0.6) is 0 Å². The summed E-state index contributed by atoms with van der Waals surface area (Å²) in [4.78, 5) is 20.0. The molecule has 0 radical (unpaired) electrons. The van der Waals surface area contributed by atoms with Crippen LogP contribution >= 0.6 is 0 Å². The monoisotopic (exact) mass is 688 g/mol. The van der Waals surface area contributed by atoms with Gasteiger partial charge >= 0.3 is 0 Å². The molecule has 252 valence electrons. The largest absolute Gasteiger partial charge is 0.256 e. The average Bonchev–Trinajstić information content (AvgIpc) is 3.26. The van der Waals surface area contributed by atoms with E-state index in [0.29, 0.717) is 17.5 Å². The summed E-state index contributed by atoms with van der Waals surface area (Å²) in [5.74, 6) is 1.91. The number of benzene rings is 8. The van der Waals surface area contributed by atoms with Crippen LogP contribution in [-0.4, -0.2) is 19.9 Å². The van der Waals surface area contributed by atoms with Crippen molar-refractivity contribution >= 4 is 32.4 Å². The smallest absolute Gasteiger partial charge is 0.164 e. The first kappa shape index (κ1) is 31.4. The Kier molecular flexibility index (Phi) is 7.77. The first-order valence-corrected chi connectivity index (χ1v) is 18.1. The van der Waals surface area contributed by atoms with E-state index in [2.05, 4.69) is 146 Å². The highest BCUT2D eigenvalue weighted by Gasteiger charge is 2.17. The maximum atomic E-state index is 5.13. The van der Waals surface area contributed by atoms with Gasteiger partial charge in [-0.2, -0.15) is 0 Å². The Morgan fingerprint density at radius 2 is 0.759 bits per heavy atom. The Morgan fingerprint density at radius 1 is 0.278 bits per heavy atom. The second-order valence-electron chi connectivity index (χ2n) is 13.4. The van der Waals surface area contributed by atoms with Gasteiger partial charge in [0, 0.05) is 33.7 Å². The van der Waals surface area contributed by atoms with Crippen molar-refractivity contribution in [3.63, 3.8) is 0 Å². The van der Waals surface area contributed by atoms with Gasteiger partial charge in [0.2, 0.25) is 0 Å². The molecule has 8 aromatic carbocycles. The average molecular weight is 689 g/mol.